The van der Waals surface area contributed by atoms with E-state index >= 15 is 0 Å². The van der Waals surface area contributed by atoms with Gasteiger partial charge in [-0.25, -0.2) is 0 Å². The van der Waals surface area contributed by atoms with Crippen molar-refractivity contribution in [1.29, 1.82) is 0 Å². The van der Waals surface area contributed by atoms with Crippen LogP contribution in [0.3, 0.4) is 0 Å². The highest BCUT2D eigenvalue weighted by atomic mass is 16.5. The number of carbonyl (C=O) groups is 1. The highest BCUT2D eigenvalue weighted by Crippen LogP contribution is 2.29. The molecule has 2 heteroatoms. The minimum absolute atomic E-state index is 0.00110. The second-order valence-corrected chi connectivity index (χ2v) is 7.43. The van der Waals surface area contributed by atoms with E-state index in [0.29, 0.717) is 5.92 Å². The molecule has 0 bridgehead atoms. The van der Waals surface area contributed by atoms with Crippen molar-refractivity contribution in [1.82, 2.24) is 0 Å². The van der Waals surface area contributed by atoms with Crippen LogP contribution in [0, 0.1) is 17.8 Å². The molecule has 0 aliphatic rings. The molecule has 132 valence electrons. The van der Waals surface area contributed by atoms with Crippen LogP contribution in [0.25, 0.3) is 0 Å². The van der Waals surface area contributed by atoms with Crippen molar-refractivity contribution in [3.8, 4) is 0 Å². The molecule has 0 amide bonds. The molecular weight excluding hydrogens is 272 g/mol. The first-order valence-corrected chi connectivity index (χ1v) is 9.62. The summed E-state index contributed by atoms with van der Waals surface area (Å²) in [6.07, 6.45) is 10.7. The zero-order valence-corrected chi connectivity index (χ0v) is 16.0. The van der Waals surface area contributed by atoms with Crippen LogP contribution in [0.4, 0.5) is 0 Å². The van der Waals surface area contributed by atoms with Crippen molar-refractivity contribution in [3.63, 3.8) is 0 Å². The summed E-state index contributed by atoms with van der Waals surface area (Å²) in [5, 5.41) is 0. The second-order valence-electron chi connectivity index (χ2n) is 7.43. The quantitative estimate of drug-likeness (QED) is 0.291. The third-order valence-electron chi connectivity index (χ3n) is 4.47. The van der Waals surface area contributed by atoms with Crippen LogP contribution in [-0.4, -0.2) is 12.1 Å². The van der Waals surface area contributed by atoms with Crippen LogP contribution in [0.1, 0.15) is 99.3 Å². The first-order chi connectivity index (χ1) is 10.4. The van der Waals surface area contributed by atoms with Gasteiger partial charge in [0.15, 0.2) is 0 Å². The minimum atomic E-state index is -0.00110. The normalized spacial score (nSPS) is 14.4. The summed E-state index contributed by atoms with van der Waals surface area (Å²) in [5.74, 6) is 1.41. The summed E-state index contributed by atoms with van der Waals surface area (Å²) >= 11 is 0. The van der Waals surface area contributed by atoms with Crippen LogP contribution >= 0.6 is 0 Å². The molecule has 2 unspecified atom stereocenters. The molecule has 0 aromatic carbocycles. The number of rotatable bonds is 13. The first-order valence-electron chi connectivity index (χ1n) is 9.62. The summed E-state index contributed by atoms with van der Waals surface area (Å²) < 4.78 is 5.54. The van der Waals surface area contributed by atoms with Gasteiger partial charge in [-0.2, -0.15) is 0 Å². The van der Waals surface area contributed by atoms with Gasteiger partial charge in [0.25, 0.3) is 0 Å². The van der Waals surface area contributed by atoms with Crippen LogP contribution in [-0.2, 0) is 9.53 Å². The molecule has 2 nitrogen and oxygen atoms in total. The number of hydrogen-bond acceptors (Lipinski definition) is 2. The molecule has 0 aromatic heterocycles. The minimum Gasteiger partial charge on any atom is -0.463 e. The van der Waals surface area contributed by atoms with Gasteiger partial charge >= 0.3 is 5.97 Å². The third-order valence-corrected chi connectivity index (χ3v) is 4.47. The number of esters is 1. The van der Waals surface area contributed by atoms with Gasteiger partial charge in [0.1, 0.15) is 0 Å². The Balaban J connectivity index is 4.55. The molecule has 0 saturated carbocycles. The van der Waals surface area contributed by atoms with E-state index < -0.39 is 0 Å². The predicted molar refractivity (Wildman–Crippen MR) is 95.9 cm³/mol. The standard InChI is InChI=1S/C20H40O2/c1-7-9-10-14-18(8-2)19(20(21)22-17(5)6)15-12-11-13-16(3)4/h16-19H,7-15H2,1-6H3. The predicted octanol–water partition coefficient (Wildman–Crippen LogP) is 6.38. The maximum atomic E-state index is 12.5. The lowest BCUT2D eigenvalue weighted by Gasteiger charge is -2.26. The van der Waals surface area contributed by atoms with Gasteiger partial charge in [0, 0.05) is 0 Å². The van der Waals surface area contributed by atoms with Crippen LogP contribution < -0.4 is 0 Å². The fourth-order valence-electron chi connectivity index (χ4n) is 3.13. The molecule has 0 N–H and O–H groups in total. The molecule has 0 aliphatic heterocycles. The van der Waals surface area contributed by atoms with Crippen LogP contribution in [0.5, 0.6) is 0 Å². The van der Waals surface area contributed by atoms with Gasteiger partial charge < -0.3 is 4.74 Å². The lowest BCUT2D eigenvalue weighted by Crippen LogP contribution is -2.28. The Morgan fingerprint density at radius 2 is 1.45 bits per heavy atom. The Kier molecular flexibility index (Phi) is 12.6. The zero-order chi connectivity index (χ0) is 17.0. The number of carbonyl (C=O) groups excluding carboxylic acids is 1. The molecule has 0 aromatic rings. The molecule has 22 heavy (non-hydrogen) atoms. The number of ether oxygens (including phenoxy) is 1. The van der Waals surface area contributed by atoms with E-state index in [2.05, 4.69) is 27.7 Å². The lowest BCUT2D eigenvalue weighted by atomic mass is 9.82. The van der Waals surface area contributed by atoms with E-state index in [1.165, 1.54) is 38.5 Å². The van der Waals surface area contributed by atoms with E-state index in [-0.39, 0.29) is 18.0 Å². The smallest absolute Gasteiger partial charge is 0.309 e. The van der Waals surface area contributed by atoms with Crippen molar-refractivity contribution >= 4 is 5.97 Å². The zero-order valence-electron chi connectivity index (χ0n) is 16.0. The molecule has 0 fully saturated rings. The van der Waals surface area contributed by atoms with Crippen molar-refractivity contribution in [2.75, 3.05) is 0 Å². The topological polar surface area (TPSA) is 26.3 Å². The van der Waals surface area contributed by atoms with Crippen molar-refractivity contribution in [3.05, 3.63) is 0 Å². The Hall–Kier alpha value is -0.530. The molecule has 0 rings (SSSR count). The van der Waals surface area contributed by atoms with Gasteiger partial charge in [-0.1, -0.05) is 72.6 Å². The summed E-state index contributed by atoms with van der Waals surface area (Å²) in [6, 6.07) is 0. The van der Waals surface area contributed by atoms with Crippen LogP contribution in [0.15, 0.2) is 0 Å². The van der Waals surface area contributed by atoms with Crippen molar-refractivity contribution in [2.45, 2.75) is 105 Å². The second kappa shape index (κ2) is 13.0. The number of hydrogen-bond donors (Lipinski definition) is 0. The Morgan fingerprint density at radius 1 is 0.864 bits per heavy atom. The Morgan fingerprint density at radius 3 is 1.95 bits per heavy atom. The summed E-state index contributed by atoms with van der Waals surface area (Å²) in [4.78, 5) is 12.5. The average molecular weight is 313 g/mol. The van der Waals surface area contributed by atoms with E-state index in [0.717, 1.165) is 25.2 Å². The molecule has 2 atom stereocenters. The fourth-order valence-corrected chi connectivity index (χ4v) is 3.13. The molecular formula is C20H40O2. The first kappa shape index (κ1) is 21.5. The van der Waals surface area contributed by atoms with Crippen molar-refractivity contribution < 1.29 is 9.53 Å². The molecule has 0 heterocycles. The van der Waals surface area contributed by atoms with Gasteiger partial charge in [0.05, 0.1) is 12.0 Å². The highest BCUT2D eigenvalue weighted by Gasteiger charge is 2.28. The molecule has 0 spiro atoms. The molecule has 0 radical (unpaired) electrons. The average Bonchev–Trinajstić information content (AvgIpc) is 2.43. The summed E-state index contributed by atoms with van der Waals surface area (Å²) in [7, 11) is 0. The SMILES string of the molecule is CCCCCC(CC)C(CCCCC(C)C)C(=O)OC(C)C. The monoisotopic (exact) mass is 312 g/mol. The Labute approximate surface area is 139 Å². The van der Waals surface area contributed by atoms with Gasteiger partial charge in [-0.15, -0.1) is 0 Å². The molecule has 0 saturated heterocycles. The molecule has 0 aliphatic carbocycles. The van der Waals surface area contributed by atoms with Gasteiger partial charge in [-0.3, -0.25) is 4.79 Å². The lowest BCUT2D eigenvalue weighted by molar-refractivity contribution is -0.155. The largest absolute Gasteiger partial charge is 0.463 e. The highest BCUT2D eigenvalue weighted by molar-refractivity contribution is 5.72. The maximum Gasteiger partial charge on any atom is 0.309 e. The Bertz CT molecular complexity index is 271. The van der Waals surface area contributed by atoms with Gasteiger partial charge in [-0.05, 0) is 38.5 Å². The van der Waals surface area contributed by atoms with Crippen molar-refractivity contribution in [2.24, 2.45) is 17.8 Å². The fraction of sp³-hybridized carbons (Fsp3) is 0.950. The summed E-state index contributed by atoms with van der Waals surface area (Å²) in [6.45, 7) is 12.9. The summed E-state index contributed by atoms with van der Waals surface area (Å²) in [5.41, 5.74) is 0. The van der Waals surface area contributed by atoms with E-state index in [1.807, 2.05) is 13.8 Å². The third kappa shape index (κ3) is 10.2. The van der Waals surface area contributed by atoms with E-state index in [1.54, 1.807) is 0 Å². The van der Waals surface area contributed by atoms with E-state index in [9.17, 15) is 4.79 Å². The number of unbranched alkanes of at least 4 members (excludes halogenated alkanes) is 3. The van der Waals surface area contributed by atoms with Gasteiger partial charge in [0.2, 0.25) is 0 Å². The van der Waals surface area contributed by atoms with Crippen LogP contribution in [0.2, 0.25) is 0 Å². The maximum absolute atomic E-state index is 12.5. The van der Waals surface area contributed by atoms with E-state index in [4.69, 9.17) is 4.74 Å².